The van der Waals surface area contributed by atoms with Gasteiger partial charge in [-0.3, -0.25) is 0 Å². The fraction of sp³-hybridized carbons (Fsp3) is 0.143. The molecule has 2 rings (SSSR count). The molecule has 0 unspecified atom stereocenters. The normalized spacial score (nSPS) is 11.3. The maximum Gasteiger partial charge on any atom is 0.339 e. The fourth-order valence-electron chi connectivity index (χ4n) is 1.58. The van der Waals surface area contributed by atoms with Crippen molar-refractivity contribution in [1.29, 1.82) is 0 Å². The van der Waals surface area contributed by atoms with Gasteiger partial charge in [0, 0.05) is 0 Å². The molecule has 0 saturated heterocycles. The molecule has 0 aliphatic carbocycles. The second kappa shape index (κ2) is 5.95. The van der Waals surface area contributed by atoms with Crippen LogP contribution in [-0.4, -0.2) is 13.5 Å². The van der Waals surface area contributed by atoms with E-state index in [2.05, 4.69) is 15.9 Å². The number of aliphatic hydroxyl groups is 1. The molecule has 4 nitrogen and oxygen atoms in total. The lowest BCUT2D eigenvalue weighted by Gasteiger charge is -2.09. The Morgan fingerprint density at radius 2 is 1.80 bits per heavy atom. The second-order valence-electron chi connectivity index (χ2n) is 4.27. The summed E-state index contributed by atoms with van der Waals surface area (Å²) in [5.74, 6) is 0.183. The van der Waals surface area contributed by atoms with Gasteiger partial charge in [-0.15, -0.1) is 0 Å². The Bertz CT molecular complexity index is 708. The van der Waals surface area contributed by atoms with Crippen LogP contribution in [0.15, 0.2) is 51.8 Å². The largest absolute Gasteiger partial charge is 0.392 e. The summed E-state index contributed by atoms with van der Waals surface area (Å²) >= 11 is 3.22. The van der Waals surface area contributed by atoms with Gasteiger partial charge >= 0.3 is 10.1 Å². The van der Waals surface area contributed by atoms with Gasteiger partial charge in [-0.05, 0) is 52.7 Å². The number of hydrogen-bond acceptors (Lipinski definition) is 4. The van der Waals surface area contributed by atoms with E-state index in [0.29, 0.717) is 10.0 Å². The van der Waals surface area contributed by atoms with Crippen LogP contribution in [0, 0.1) is 6.92 Å². The molecule has 1 N–H and O–H groups in total. The molecule has 0 bridgehead atoms. The van der Waals surface area contributed by atoms with Crippen molar-refractivity contribution in [2.75, 3.05) is 0 Å². The van der Waals surface area contributed by atoms with Crippen LogP contribution in [-0.2, 0) is 16.7 Å². The first kappa shape index (κ1) is 15.0. The number of halogens is 1. The van der Waals surface area contributed by atoms with Gasteiger partial charge in [-0.1, -0.05) is 23.8 Å². The van der Waals surface area contributed by atoms with E-state index in [4.69, 9.17) is 9.29 Å². The van der Waals surface area contributed by atoms with Gasteiger partial charge in [0.1, 0.15) is 4.90 Å². The summed E-state index contributed by atoms with van der Waals surface area (Å²) in [5, 5.41) is 9.01. The summed E-state index contributed by atoms with van der Waals surface area (Å²) in [4.78, 5) is 0.0984. The molecular weight excluding hydrogens is 344 g/mol. The van der Waals surface area contributed by atoms with Crippen molar-refractivity contribution >= 4 is 26.0 Å². The third-order valence-corrected chi connectivity index (χ3v) is 4.56. The van der Waals surface area contributed by atoms with Crippen LogP contribution in [0.3, 0.4) is 0 Å². The standard InChI is InChI=1S/C14H13BrO4S/c1-10-2-5-12(6-3-10)20(17,18)19-14-7-4-11(9-16)8-13(14)15/h2-8,16H,9H2,1H3. The third kappa shape index (κ3) is 3.39. The van der Waals surface area contributed by atoms with Gasteiger partial charge < -0.3 is 9.29 Å². The first-order chi connectivity index (χ1) is 9.42. The van der Waals surface area contributed by atoms with Gasteiger partial charge in [0.05, 0.1) is 11.1 Å². The lowest BCUT2D eigenvalue weighted by Crippen LogP contribution is -2.10. The zero-order chi connectivity index (χ0) is 14.8. The van der Waals surface area contributed by atoms with Crippen LogP contribution in [0.25, 0.3) is 0 Å². The Balaban J connectivity index is 2.31. The van der Waals surface area contributed by atoms with Crippen molar-refractivity contribution in [3.8, 4) is 5.75 Å². The van der Waals surface area contributed by atoms with E-state index in [1.807, 2.05) is 6.92 Å². The number of aryl methyl sites for hydroxylation is 1. The first-order valence-electron chi connectivity index (χ1n) is 5.83. The van der Waals surface area contributed by atoms with E-state index in [-0.39, 0.29) is 17.3 Å². The van der Waals surface area contributed by atoms with Crippen LogP contribution in [0.4, 0.5) is 0 Å². The van der Waals surface area contributed by atoms with E-state index < -0.39 is 10.1 Å². The first-order valence-corrected chi connectivity index (χ1v) is 8.03. The van der Waals surface area contributed by atoms with Gasteiger partial charge in [-0.2, -0.15) is 8.42 Å². The summed E-state index contributed by atoms with van der Waals surface area (Å²) in [5.41, 5.74) is 1.63. The molecule has 0 spiro atoms. The Morgan fingerprint density at radius 1 is 1.15 bits per heavy atom. The van der Waals surface area contributed by atoms with E-state index in [0.717, 1.165) is 5.56 Å². The van der Waals surface area contributed by atoms with Crippen LogP contribution in [0.1, 0.15) is 11.1 Å². The Hall–Kier alpha value is -1.37. The monoisotopic (exact) mass is 356 g/mol. The van der Waals surface area contributed by atoms with Gasteiger partial charge in [0.15, 0.2) is 5.75 Å². The smallest absolute Gasteiger partial charge is 0.339 e. The molecule has 0 aliphatic heterocycles. The zero-order valence-electron chi connectivity index (χ0n) is 10.7. The fourth-order valence-corrected chi connectivity index (χ4v) is 3.14. The summed E-state index contributed by atoms with van der Waals surface area (Å²) < 4.78 is 29.8. The molecule has 106 valence electrons. The molecule has 0 amide bonds. The number of benzene rings is 2. The Labute approximate surface area is 126 Å². The number of rotatable bonds is 4. The highest BCUT2D eigenvalue weighted by atomic mass is 79.9. The highest BCUT2D eigenvalue weighted by Crippen LogP contribution is 2.29. The van der Waals surface area contributed by atoms with Crippen molar-refractivity contribution in [3.63, 3.8) is 0 Å². The van der Waals surface area contributed by atoms with Crippen LogP contribution < -0.4 is 4.18 Å². The lowest BCUT2D eigenvalue weighted by atomic mass is 10.2. The molecule has 2 aromatic rings. The molecule has 2 aromatic carbocycles. The summed E-state index contributed by atoms with van der Waals surface area (Å²) in [6.45, 7) is 1.76. The van der Waals surface area contributed by atoms with E-state index in [9.17, 15) is 8.42 Å². The highest BCUT2D eigenvalue weighted by Gasteiger charge is 2.18. The molecule has 0 fully saturated rings. The Kier molecular flexibility index (Phi) is 4.47. The minimum Gasteiger partial charge on any atom is -0.392 e. The maximum absolute atomic E-state index is 12.1. The number of aliphatic hydroxyl groups excluding tert-OH is 1. The molecule has 20 heavy (non-hydrogen) atoms. The highest BCUT2D eigenvalue weighted by molar-refractivity contribution is 9.10. The molecule has 0 aliphatic rings. The van der Waals surface area contributed by atoms with Gasteiger partial charge in [0.2, 0.25) is 0 Å². The third-order valence-electron chi connectivity index (χ3n) is 2.69. The molecule has 0 radical (unpaired) electrons. The predicted molar refractivity (Wildman–Crippen MR) is 79.1 cm³/mol. The predicted octanol–water partition coefficient (Wildman–Crippen LogP) is 3.02. The average Bonchev–Trinajstić information content (AvgIpc) is 2.41. The van der Waals surface area contributed by atoms with E-state index in [1.165, 1.54) is 18.2 Å². The van der Waals surface area contributed by atoms with Crippen LogP contribution in [0.2, 0.25) is 0 Å². The number of hydrogen-bond donors (Lipinski definition) is 1. The van der Waals surface area contributed by atoms with Gasteiger partial charge in [-0.25, -0.2) is 0 Å². The van der Waals surface area contributed by atoms with E-state index >= 15 is 0 Å². The van der Waals surface area contributed by atoms with Crippen molar-refractivity contribution in [2.45, 2.75) is 18.4 Å². The summed E-state index contributed by atoms with van der Waals surface area (Å²) in [6.07, 6.45) is 0. The van der Waals surface area contributed by atoms with E-state index in [1.54, 1.807) is 24.3 Å². The van der Waals surface area contributed by atoms with Crippen LogP contribution in [0.5, 0.6) is 5.75 Å². The minimum atomic E-state index is -3.86. The molecule has 6 heteroatoms. The van der Waals surface area contributed by atoms with Crippen molar-refractivity contribution in [1.82, 2.24) is 0 Å². The van der Waals surface area contributed by atoms with Crippen LogP contribution >= 0.6 is 15.9 Å². The van der Waals surface area contributed by atoms with Crippen molar-refractivity contribution in [3.05, 3.63) is 58.1 Å². The molecule has 0 aromatic heterocycles. The minimum absolute atomic E-state index is 0.0984. The zero-order valence-corrected chi connectivity index (χ0v) is 13.1. The summed E-state index contributed by atoms with van der Waals surface area (Å²) in [6, 6.07) is 11.1. The average molecular weight is 357 g/mol. The molecule has 0 saturated carbocycles. The van der Waals surface area contributed by atoms with Crippen molar-refractivity contribution in [2.24, 2.45) is 0 Å². The molecule has 0 heterocycles. The topological polar surface area (TPSA) is 63.6 Å². The molecular formula is C14H13BrO4S. The summed E-state index contributed by atoms with van der Waals surface area (Å²) in [7, 11) is -3.86. The quantitative estimate of drug-likeness (QED) is 0.855. The second-order valence-corrected chi connectivity index (χ2v) is 6.67. The maximum atomic E-state index is 12.1. The lowest BCUT2D eigenvalue weighted by molar-refractivity contribution is 0.281. The Morgan fingerprint density at radius 3 is 2.35 bits per heavy atom. The van der Waals surface area contributed by atoms with Gasteiger partial charge in [0.25, 0.3) is 0 Å². The van der Waals surface area contributed by atoms with Crippen molar-refractivity contribution < 1.29 is 17.7 Å². The molecule has 0 atom stereocenters. The SMILES string of the molecule is Cc1ccc(S(=O)(=O)Oc2ccc(CO)cc2Br)cc1.